The van der Waals surface area contributed by atoms with Crippen LogP contribution >= 0.6 is 0 Å². The number of fused-ring (bicyclic) bond motifs is 1. The number of amides is 1. The Morgan fingerprint density at radius 1 is 1.19 bits per heavy atom. The molecule has 0 aromatic heterocycles. The van der Waals surface area contributed by atoms with E-state index in [0.29, 0.717) is 12.1 Å². The van der Waals surface area contributed by atoms with Gasteiger partial charge in [0.05, 0.1) is 23.8 Å². The second-order valence-corrected chi connectivity index (χ2v) is 5.31. The SMILES string of the molecule is CC1CNc2ccccc2N(Cc2ccccc2F)C1=O. The lowest BCUT2D eigenvalue weighted by Gasteiger charge is -2.24. The van der Waals surface area contributed by atoms with Crippen molar-refractivity contribution in [3.05, 3.63) is 59.9 Å². The van der Waals surface area contributed by atoms with Crippen LogP contribution in [0.1, 0.15) is 12.5 Å². The summed E-state index contributed by atoms with van der Waals surface area (Å²) in [5.41, 5.74) is 2.23. The fraction of sp³-hybridized carbons (Fsp3) is 0.235. The van der Waals surface area contributed by atoms with E-state index in [2.05, 4.69) is 5.32 Å². The van der Waals surface area contributed by atoms with Crippen molar-refractivity contribution in [2.75, 3.05) is 16.8 Å². The van der Waals surface area contributed by atoms with Gasteiger partial charge in [0.2, 0.25) is 5.91 Å². The lowest BCUT2D eigenvalue weighted by Crippen LogP contribution is -2.35. The number of nitrogens with one attached hydrogen (secondary N) is 1. The number of rotatable bonds is 2. The Labute approximate surface area is 123 Å². The minimum Gasteiger partial charge on any atom is -0.383 e. The molecule has 1 aliphatic heterocycles. The molecule has 4 heteroatoms. The Morgan fingerprint density at radius 2 is 1.90 bits per heavy atom. The van der Waals surface area contributed by atoms with Crippen LogP contribution in [0.15, 0.2) is 48.5 Å². The number of hydrogen-bond donors (Lipinski definition) is 1. The molecule has 1 atom stereocenters. The number of para-hydroxylation sites is 2. The van der Waals surface area contributed by atoms with Gasteiger partial charge < -0.3 is 10.2 Å². The van der Waals surface area contributed by atoms with Gasteiger partial charge in [0.1, 0.15) is 5.82 Å². The second kappa shape index (κ2) is 5.56. The summed E-state index contributed by atoms with van der Waals surface area (Å²) in [6.07, 6.45) is 0. The molecule has 2 aromatic rings. The van der Waals surface area contributed by atoms with Crippen LogP contribution < -0.4 is 10.2 Å². The average molecular weight is 284 g/mol. The van der Waals surface area contributed by atoms with Crippen LogP contribution in [-0.2, 0) is 11.3 Å². The van der Waals surface area contributed by atoms with Crippen LogP contribution in [0.4, 0.5) is 15.8 Å². The topological polar surface area (TPSA) is 32.3 Å². The van der Waals surface area contributed by atoms with Crippen molar-refractivity contribution in [2.45, 2.75) is 13.5 Å². The number of halogens is 1. The first kappa shape index (κ1) is 13.6. The Morgan fingerprint density at radius 3 is 2.71 bits per heavy atom. The van der Waals surface area contributed by atoms with E-state index in [-0.39, 0.29) is 24.2 Å². The molecule has 21 heavy (non-hydrogen) atoms. The molecule has 0 radical (unpaired) electrons. The van der Waals surface area contributed by atoms with Gasteiger partial charge in [-0.3, -0.25) is 4.79 Å². The quantitative estimate of drug-likeness (QED) is 0.916. The predicted molar refractivity (Wildman–Crippen MR) is 81.7 cm³/mol. The zero-order valence-electron chi connectivity index (χ0n) is 11.8. The molecule has 1 N–H and O–H groups in total. The van der Waals surface area contributed by atoms with Gasteiger partial charge in [-0.1, -0.05) is 37.3 Å². The molecular formula is C17H17FN2O. The van der Waals surface area contributed by atoms with E-state index in [1.165, 1.54) is 6.07 Å². The van der Waals surface area contributed by atoms with Crippen LogP contribution in [0.5, 0.6) is 0 Å². The normalized spacial score (nSPS) is 17.9. The summed E-state index contributed by atoms with van der Waals surface area (Å²) >= 11 is 0. The molecule has 1 unspecified atom stereocenters. The summed E-state index contributed by atoms with van der Waals surface area (Å²) in [5, 5.41) is 3.28. The minimum absolute atomic E-state index is 0.00991. The van der Waals surface area contributed by atoms with E-state index in [0.717, 1.165) is 11.4 Å². The number of benzene rings is 2. The van der Waals surface area contributed by atoms with Gasteiger partial charge in [0, 0.05) is 12.1 Å². The molecule has 1 aliphatic rings. The van der Waals surface area contributed by atoms with Crippen molar-refractivity contribution in [1.82, 2.24) is 0 Å². The summed E-state index contributed by atoms with van der Waals surface area (Å²) in [6.45, 7) is 2.72. The van der Waals surface area contributed by atoms with E-state index >= 15 is 0 Å². The number of nitrogens with zero attached hydrogens (tertiary/aromatic N) is 1. The Bertz CT molecular complexity index is 671. The molecule has 0 spiro atoms. The molecule has 0 saturated carbocycles. The smallest absolute Gasteiger partial charge is 0.231 e. The van der Waals surface area contributed by atoms with Gasteiger partial charge in [0.25, 0.3) is 0 Å². The summed E-state index contributed by atoms with van der Waals surface area (Å²) in [6, 6.07) is 14.2. The molecule has 0 saturated heterocycles. The van der Waals surface area contributed by atoms with Crippen LogP contribution in [0, 0.1) is 11.7 Å². The standard InChI is InChI=1S/C17H17FN2O/c1-12-10-19-15-8-4-5-9-16(15)20(17(12)21)11-13-6-2-3-7-14(13)18/h2-9,12,19H,10-11H2,1H3. The molecule has 0 bridgehead atoms. The van der Waals surface area contributed by atoms with Gasteiger partial charge in [-0.15, -0.1) is 0 Å². The molecule has 3 rings (SSSR count). The van der Waals surface area contributed by atoms with E-state index in [9.17, 15) is 9.18 Å². The first-order valence-corrected chi connectivity index (χ1v) is 7.04. The van der Waals surface area contributed by atoms with Crippen molar-refractivity contribution in [3.63, 3.8) is 0 Å². The number of carbonyl (C=O) groups is 1. The van der Waals surface area contributed by atoms with E-state index in [1.54, 1.807) is 23.1 Å². The van der Waals surface area contributed by atoms with Gasteiger partial charge in [-0.05, 0) is 18.2 Å². The Balaban J connectivity index is 2.01. The molecule has 0 aliphatic carbocycles. The third-order valence-electron chi connectivity index (χ3n) is 3.77. The lowest BCUT2D eigenvalue weighted by molar-refractivity contribution is -0.121. The van der Waals surface area contributed by atoms with Crippen LogP contribution in [0.3, 0.4) is 0 Å². The molecular weight excluding hydrogens is 267 g/mol. The maximum absolute atomic E-state index is 13.9. The second-order valence-electron chi connectivity index (χ2n) is 5.31. The number of anilines is 2. The number of hydrogen-bond acceptors (Lipinski definition) is 2. The zero-order valence-corrected chi connectivity index (χ0v) is 11.8. The average Bonchev–Trinajstić information content (AvgIpc) is 2.62. The highest BCUT2D eigenvalue weighted by Gasteiger charge is 2.27. The minimum atomic E-state index is -0.285. The highest BCUT2D eigenvalue weighted by atomic mass is 19.1. The van der Waals surface area contributed by atoms with Gasteiger partial charge in [0.15, 0.2) is 0 Å². The van der Waals surface area contributed by atoms with E-state index in [1.807, 2.05) is 31.2 Å². The highest BCUT2D eigenvalue weighted by Crippen LogP contribution is 2.31. The third kappa shape index (κ3) is 2.61. The summed E-state index contributed by atoms with van der Waals surface area (Å²) in [7, 11) is 0. The van der Waals surface area contributed by atoms with Gasteiger partial charge >= 0.3 is 0 Å². The van der Waals surface area contributed by atoms with Crippen molar-refractivity contribution < 1.29 is 9.18 Å². The van der Waals surface area contributed by atoms with Gasteiger partial charge in [-0.2, -0.15) is 0 Å². The monoisotopic (exact) mass is 284 g/mol. The maximum atomic E-state index is 13.9. The zero-order chi connectivity index (χ0) is 14.8. The fourth-order valence-corrected chi connectivity index (χ4v) is 2.55. The third-order valence-corrected chi connectivity index (χ3v) is 3.77. The van der Waals surface area contributed by atoms with Crippen LogP contribution in [-0.4, -0.2) is 12.5 Å². The van der Waals surface area contributed by atoms with Crippen LogP contribution in [0.2, 0.25) is 0 Å². The first-order valence-electron chi connectivity index (χ1n) is 7.04. The number of carbonyl (C=O) groups excluding carboxylic acids is 1. The molecule has 0 fully saturated rings. The predicted octanol–water partition coefficient (Wildman–Crippen LogP) is 3.42. The van der Waals surface area contributed by atoms with Crippen LogP contribution in [0.25, 0.3) is 0 Å². The summed E-state index contributed by atoms with van der Waals surface area (Å²) < 4.78 is 13.9. The Kier molecular flexibility index (Phi) is 3.60. The summed E-state index contributed by atoms with van der Waals surface area (Å²) in [4.78, 5) is 14.3. The molecule has 1 amide bonds. The molecule has 2 aromatic carbocycles. The largest absolute Gasteiger partial charge is 0.383 e. The molecule has 3 nitrogen and oxygen atoms in total. The van der Waals surface area contributed by atoms with E-state index in [4.69, 9.17) is 0 Å². The lowest BCUT2D eigenvalue weighted by atomic mass is 10.1. The van der Waals surface area contributed by atoms with E-state index < -0.39 is 0 Å². The first-order chi connectivity index (χ1) is 10.2. The van der Waals surface area contributed by atoms with Crippen molar-refractivity contribution >= 4 is 17.3 Å². The molecule has 1 heterocycles. The highest BCUT2D eigenvalue weighted by molar-refractivity contribution is 5.99. The maximum Gasteiger partial charge on any atom is 0.231 e. The van der Waals surface area contributed by atoms with Crippen molar-refractivity contribution in [3.8, 4) is 0 Å². The Hall–Kier alpha value is -2.36. The van der Waals surface area contributed by atoms with Crippen molar-refractivity contribution in [2.24, 2.45) is 5.92 Å². The molecule has 108 valence electrons. The fourth-order valence-electron chi connectivity index (χ4n) is 2.55. The van der Waals surface area contributed by atoms with Gasteiger partial charge in [-0.25, -0.2) is 4.39 Å². The van der Waals surface area contributed by atoms with Crippen molar-refractivity contribution in [1.29, 1.82) is 0 Å². The summed E-state index contributed by atoms with van der Waals surface area (Å²) in [5.74, 6) is -0.424.